The van der Waals surface area contributed by atoms with Crippen LogP contribution in [0.3, 0.4) is 0 Å². The van der Waals surface area contributed by atoms with Gasteiger partial charge in [-0.1, -0.05) is 41.9 Å². The van der Waals surface area contributed by atoms with E-state index in [1.807, 2.05) is 48.7 Å². The second-order valence-electron chi connectivity index (χ2n) is 6.15. The molecule has 0 saturated heterocycles. The number of nitrogens with one attached hydrogen (secondary N) is 1. The highest BCUT2D eigenvalue weighted by Crippen LogP contribution is 2.26. The topological polar surface area (TPSA) is 67.2 Å². The Morgan fingerprint density at radius 2 is 1.93 bits per heavy atom. The summed E-state index contributed by atoms with van der Waals surface area (Å²) in [6.45, 7) is 1.82. The van der Waals surface area contributed by atoms with E-state index in [-0.39, 0.29) is 12.5 Å². The van der Waals surface area contributed by atoms with Crippen molar-refractivity contribution in [3.8, 4) is 16.9 Å². The maximum atomic E-state index is 11.9. The Balaban J connectivity index is 1.94. The lowest BCUT2D eigenvalue weighted by Crippen LogP contribution is -2.28. The number of rotatable bonds is 6. The number of carbonyl (C=O) groups excluding carboxylic acids is 1. The number of aliphatic hydroxyl groups excluding tert-OH is 1. The molecule has 3 rings (SSSR count). The van der Waals surface area contributed by atoms with Gasteiger partial charge in [0.15, 0.2) is 0 Å². The molecule has 0 aliphatic rings. The fourth-order valence-corrected chi connectivity index (χ4v) is 2.65. The summed E-state index contributed by atoms with van der Waals surface area (Å²) in [7, 11) is 0. The highest BCUT2D eigenvalue weighted by molar-refractivity contribution is 6.30. The van der Waals surface area contributed by atoms with Gasteiger partial charge in [-0.05, 0) is 37.3 Å². The lowest BCUT2D eigenvalue weighted by atomic mass is 10.1. The molecule has 0 saturated carbocycles. The van der Waals surface area contributed by atoms with Crippen LogP contribution in [0.25, 0.3) is 23.0 Å². The predicted octanol–water partition coefficient (Wildman–Crippen LogP) is 3.70. The van der Waals surface area contributed by atoms with E-state index in [0.717, 1.165) is 22.5 Å². The third kappa shape index (κ3) is 5.06. The minimum Gasteiger partial charge on any atom is -0.392 e. The van der Waals surface area contributed by atoms with Crippen LogP contribution in [-0.4, -0.2) is 33.4 Å². The van der Waals surface area contributed by atoms with Gasteiger partial charge in [0.25, 0.3) is 0 Å². The average molecular weight is 382 g/mol. The van der Waals surface area contributed by atoms with Crippen molar-refractivity contribution >= 4 is 23.6 Å². The summed E-state index contributed by atoms with van der Waals surface area (Å²) in [5.41, 5.74) is 3.37. The van der Waals surface area contributed by atoms with Crippen LogP contribution >= 0.6 is 11.6 Å². The van der Waals surface area contributed by atoms with Crippen LogP contribution in [0.5, 0.6) is 0 Å². The molecule has 0 aliphatic heterocycles. The van der Waals surface area contributed by atoms with E-state index in [9.17, 15) is 9.90 Å². The third-order valence-corrected chi connectivity index (χ3v) is 4.12. The van der Waals surface area contributed by atoms with Gasteiger partial charge < -0.3 is 10.4 Å². The van der Waals surface area contributed by atoms with Crippen molar-refractivity contribution in [3.05, 3.63) is 77.5 Å². The van der Waals surface area contributed by atoms with Crippen molar-refractivity contribution in [2.45, 2.75) is 13.0 Å². The lowest BCUT2D eigenvalue weighted by molar-refractivity contribution is -0.116. The highest BCUT2D eigenvalue weighted by Gasteiger charge is 2.11. The maximum absolute atomic E-state index is 11.9. The Kier molecular flexibility index (Phi) is 6.06. The highest BCUT2D eigenvalue weighted by atomic mass is 35.5. The molecule has 0 radical (unpaired) electrons. The van der Waals surface area contributed by atoms with Gasteiger partial charge in [0.1, 0.15) is 0 Å². The SMILES string of the molecule is CC(O)CNC(=O)/C=C/c1cn(-c2ccccc2)nc1-c1ccc(Cl)cc1. The van der Waals surface area contributed by atoms with Gasteiger partial charge in [-0.15, -0.1) is 0 Å². The first-order valence-corrected chi connectivity index (χ1v) is 8.96. The summed E-state index contributed by atoms with van der Waals surface area (Å²) in [6.07, 6.45) is 4.44. The Hall–Kier alpha value is -2.89. The van der Waals surface area contributed by atoms with E-state index in [0.29, 0.717) is 5.02 Å². The minimum absolute atomic E-state index is 0.205. The summed E-state index contributed by atoms with van der Waals surface area (Å²) in [5.74, 6) is -0.273. The normalized spacial score (nSPS) is 12.3. The zero-order valence-corrected chi connectivity index (χ0v) is 15.6. The standard InChI is InChI=1S/C21H20ClN3O2/c1-15(26)13-23-20(27)12-9-17-14-25(19-5-3-2-4-6-19)24-21(17)16-7-10-18(22)11-8-16/h2-12,14-15,26H,13H2,1H3,(H,23,27)/b12-9+. The molecule has 27 heavy (non-hydrogen) atoms. The number of benzene rings is 2. The van der Waals surface area contributed by atoms with Crippen molar-refractivity contribution in [3.63, 3.8) is 0 Å². The number of aromatic nitrogens is 2. The number of amides is 1. The van der Waals surface area contributed by atoms with Gasteiger partial charge in [0, 0.05) is 35.0 Å². The fourth-order valence-electron chi connectivity index (χ4n) is 2.53. The molecule has 0 bridgehead atoms. The third-order valence-electron chi connectivity index (χ3n) is 3.87. The van der Waals surface area contributed by atoms with Crippen LogP contribution in [-0.2, 0) is 4.79 Å². The van der Waals surface area contributed by atoms with Crippen molar-refractivity contribution < 1.29 is 9.90 Å². The largest absolute Gasteiger partial charge is 0.392 e. The molecule has 2 N–H and O–H groups in total. The second kappa shape index (κ2) is 8.66. The van der Waals surface area contributed by atoms with Gasteiger partial charge in [-0.2, -0.15) is 5.10 Å². The van der Waals surface area contributed by atoms with Crippen LogP contribution in [0.1, 0.15) is 12.5 Å². The zero-order chi connectivity index (χ0) is 19.2. The summed E-state index contributed by atoms with van der Waals surface area (Å²) in [4.78, 5) is 11.9. The summed E-state index contributed by atoms with van der Waals surface area (Å²) in [5, 5.41) is 17.2. The first kappa shape index (κ1) is 18.9. The molecule has 138 valence electrons. The number of carbonyl (C=O) groups is 1. The van der Waals surface area contributed by atoms with Gasteiger partial charge in [-0.3, -0.25) is 4.79 Å². The molecule has 6 heteroatoms. The number of hydrogen-bond acceptors (Lipinski definition) is 3. The molecule has 3 aromatic rings. The number of halogens is 1. The van der Waals surface area contributed by atoms with Crippen molar-refractivity contribution in [2.75, 3.05) is 6.54 Å². The number of aliphatic hydroxyl groups is 1. The van der Waals surface area contributed by atoms with Crippen LogP contribution in [0.15, 0.2) is 66.9 Å². The Morgan fingerprint density at radius 3 is 2.59 bits per heavy atom. The van der Waals surface area contributed by atoms with Crippen molar-refractivity contribution in [1.82, 2.24) is 15.1 Å². The monoisotopic (exact) mass is 381 g/mol. The molecule has 5 nitrogen and oxygen atoms in total. The van der Waals surface area contributed by atoms with E-state index in [1.165, 1.54) is 6.08 Å². The van der Waals surface area contributed by atoms with E-state index in [1.54, 1.807) is 29.8 Å². The molecule has 1 unspecified atom stereocenters. The van der Waals surface area contributed by atoms with Gasteiger partial charge >= 0.3 is 0 Å². The summed E-state index contributed by atoms with van der Waals surface area (Å²) >= 11 is 5.99. The molecular formula is C21H20ClN3O2. The van der Waals surface area contributed by atoms with E-state index < -0.39 is 6.10 Å². The van der Waals surface area contributed by atoms with Gasteiger partial charge in [0.2, 0.25) is 5.91 Å². The number of nitrogens with zero attached hydrogens (tertiary/aromatic N) is 2. The van der Waals surface area contributed by atoms with E-state index in [4.69, 9.17) is 11.6 Å². The van der Waals surface area contributed by atoms with Crippen LogP contribution < -0.4 is 5.32 Å². The fraction of sp³-hybridized carbons (Fsp3) is 0.143. The minimum atomic E-state index is -0.590. The molecule has 1 heterocycles. The van der Waals surface area contributed by atoms with E-state index in [2.05, 4.69) is 10.4 Å². The average Bonchev–Trinajstić information content (AvgIpc) is 3.10. The Morgan fingerprint density at radius 1 is 1.22 bits per heavy atom. The molecule has 1 aromatic heterocycles. The Labute approximate surface area is 162 Å². The molecule has 2 aromatic carbocycles. The smallest absolute Gasteiger partial charge is 0.244 e. The number of para-hydroxylation sites is 1. The molecular weight excluding hydrogens is 362 g/mol. The molecule has 0 fully saturated rings. The first-order chi connectivity index (χ1) is 13.0. The molecule has 1 amide bonds. The zero-order valence-electron chi connectivity index (χ0n) is 14.8. The first-order valence-electron chi connectivity index (χ1n) is 8.58. The quantitative estimate of drug-likeness (QED) is 0.640. The predicted molar refractivity (Wildman–Crippen MR) is 108 cm³/mol. The Bertz CT molecular complexity index is 932. The molecule has 0 aliphatic carbocycles. The molecule has 1 atom stereocenters. The van der Waals surface area contributed by atoms with Crippen molar-refractivity contribution in [1.29, 1.82) is 0 Å². The van der Waals surface area contributed by atoms with Crippen LogP contribution in [0.2, 0.25) is 5.02 Å². The maximum Gasteiger partial charge on any atom is 0.244 e. The van der Waals surface area contributed by atoms with Gasteiger partial charge in [0.05, 0.1) is 17.5 Å². The molecule has 0 spiro atoms. The van der Waals surface area contributed by atoms with Gasteiger partial charge in [-0.25, -0.2) is 4.68 Å². The van der Waals surface area contributed by atoms with E-state index >= 15 is 0 Å². The lowest BCUT2D eigenvalue weighted by Gasteiger charge is -2.03. The van der Waals surface area contributed by atoms with Crippen LogP contribution in [0.4, 0.5) is 0 Å². The summed E-state index contributed by atoms with van der Waals surface area (Å²) < 4.78 is 1.78. The van der Waals surface area contributed by atoms with Crippen LogP contribution in [0, 0.1) is 0 Å². The second-order valence-corrected chi connectivity index (χ2v) is 6.58. The summed E-state index contributed by atoms with van der Waals surface area (Å²) in [6, 6.07) is 17.2. The van der Waals surface area contributed by atoms with Crippen molar-refractivity contribution in [2.24, 2.45) is 0 Å². The number of hydrogen-bond donors (Lipinski definition) is 2.